The molecule has 1 aromatic rings. The normalized spacial score (nSPS) is 12.4. The molecule has 22 heavy (non-hydrogen) atoms. The minimum Gasteiger partial charge on any atom is -0.467 e. The molecule has 0 saturated heterocycles. The minimum absolute atomic E-state index is 0.229. The predicted molar refractivity (Wildman–Crippen MR) is 85.7 cm³/mol. The van der Waals surface area contributed by atoms with Gasteiger partial charge < -0.3 is 14.8 Å². The lowest BCUT2D eigenvalue weighted by Gasteiger charge is -2.22. The molecule has 0 aliphatic carbocycles. The lowest BCUT2D eigenvalue weighted by molar-refractivity contribution is -0.143. The highest BCUT2D eigenvalue weighted by molar-refractivity contribution is 9.08. The van der Waals surface area contributed by atoms with Gasteiger partial charge in [-0.15, -0.1) is 0 Å². The standard InChI is InChI=1S/C15H21BrN2O4/c1-15(2,3)22-14(20)18-12(13(19)21-4)8-11-7-10(9-16)5-6-17-11/h5-7,12H,8-9H2,1-4H3,(H,18,20)/t12-/m0/s1. The van der Waals surface area contributed by atoms with Crippen molar-refractivity contribution in [3.05, 3.63) is 29.6 Å². The molecule has 6 nitrogen and oxygen atoms in total. The summed E-state index contributed by atoms with van der Waals surface area (Å²) in [7, 11) is 1.27. The number of carbonyl (C=O) groups is 2. The van der Waals surface area contributed by atoms with Crippen LogP contribution in [-0.2, 0) is 26.0 Å². The van der Waals surface area contributed by atoms with Gasteiger partial charge in [-0.05, 0) is 38.5 Å². The highest BCUT2D eigenvalue weighted by Gasteiger charge is 2.25. The topological polar surface area (TPSA) is 77.5 Å². The molecule has 1 rings (SSSR count). The van der Waals surface area contributed by atoms with E-state index in [4.69, 9.17) is 9.47 Å². The van der Waals surface area contributed by atoms with Crippen LogP contribution in [0.3, 0.4) is 0 Å². The predicted octanol–water partition coefficient (Wildman–Crippen LogP) is 2.59. The smallest absolute Gasteiger partial charge is 0.408 e. The lowest BCUT2D eigenvalue weighted by atomic mass is 10.1. The van der Waals surface area contributed by atoms with Crippen LogP contribution in [0.2, 0.25) is 0 Å². The molecule has 7 heteroatoms. The molecule has 0 fully saturated rings. The highest BCUT2D eigenvalue weighted by atomic mass is 79.9. The molecule has 0 aliphatic rings. The van der Waals surface area contributed by atoms with E-state index in [0.717, 1.165) is 5.56 Å². The molecule has 0 aromatic carbocycles. The second-order valence-corrected chi connectivity index (χ2v) is 6.28. The lowest BCUT2D eigenvalue weighted by Crippen LogP contribution is -2.45. The molecule has 1 aromatic heterocycles. The van der Waals surface area contributed by atoms with Crippen molar-refractivity contribution in [1.82, 2.24) is 10.3 Å². The van der Waals surface area contributed by atoms with Crippen molar-refractivity contribution in [2.24, 2.45) is 0 Å². The zero-order chi connectivity index (χ0) is 16.8. The van der Waals surface area contributed by atoms with Crippen molar-refractivity contribution in [3.63, 3.8) is 0 Å². The molecular weight excluding hydrogens is 352 g/mol. The van der Waals surface area contributed by atoms with Gasteiger partial charge in [0, 0.05) is 23.6 Å². The van der Waals surface area contributed by atoms with Crippen LogP contribution < -0.4 is 5.32 Å². The fourth-order valence-electron chi connectivity index (χ4n) is 1.72. The van der Waals surface area contributed by atoms with Crippen LogP contribution in [0.4, 0.5) is 4.79 Å². The summed E-state index contributed by atoms with van der Waals surface area (Å²) in [5, 5.41) is 3.21. The average Bonchev–Trinajstić information content (AvgIpc) is 2.44. The third-order valence-electron chi connectivity index (χ3n) is 2.63. The van der Waals surface area contributed by atoms with Gasteiger partial charge in [-0.2, -0.15) is 0 Å². The first-order chi connectivity index (χ1) is 10.2. The first-order valence-electron chi connectivity index (χ1n) is 6.82. The number of alkyl halides is 1. The monoisotopic (exact) mass is 372 g/mol. The summed E-state index contributed by atoms with van der Waals surface area (Å²) in [5.74, 6) is -0.545. The Morgan fingerprint density at radius 1 is 1.41 bits per heavy atom. The van der Waals surface area contributed by atoms with E-state index in [0.29, 0.717) is 11.0 Å². The molecule has 0 unspecified atom stereocenters. The molecule has 0 spiro atoms. The molecular formula is C15H21BrN2O4. The van der Waals surface area contributed by atoms with Crippen molar-refractivity contribution in [2.45, 2.75) is 44.2 Å². The number of halogens is 1. The van der Waals surface area contributed by atoms with Crippen molar-refractivity contribution in [3.8, 4) is 0 Å². The number of nitrogens with zero attached hydrogens (tertiary/aromatic N) is 1. The van der Waals surface area contributed by atoms with Gasteiger partial charge in [-0.1, -0.05) is 15.9 Å². The number of carbonyl (C=O) groups excluding carboxylic acids is 2. The van der Waals surface area contributed by atoms with Gasteiger partial charge >= 0.3 is 12.1 Å². The van der Waals surface area contributed by atoms with Crippen LogP contribution in [0, 0.1) is 0 Å². The van der Waals surface area contributed by atoms with Crippen LogP contribution >= 0.6 is 15.9 Å². The molecule has 122 valence electrons. The largest absolute Gasteiger partial charge is 0.467 e. The van der Waals surface area contributed by atoms with Crippen molar-refractivity contribution >= 4 is 28.0 Å². The van der Waals surface area contributed by atoms with Crippen molar-refractivity contribution in [2.75, 3.05) is 7.11 Å². The van der Waals surface area contributed by atoms with Crippen molar-refractivity contribution in [1.29, 1.82) is 0 Å². The second-order valence-electron chi connectivity index (χ2n) is 5.72. The third-order valence-corrected chi connectivity index (χ3v) is 3.27. The number of nitrogens with one attached hydrogen (secondary N) is 1. The Labute approximate surface area is 138 Å². The van der Waals surface area contributed by atoms with E-state index in [1.165, 1.54) is 7.11 Å². The summed E-state index contributed by atoms with van der Waals surface area (Å²) in [6.45, 7) is 5.25. The van der Waals surface area contributed by atoms with Crippen molar-refractivity contribution < 1.29 is 19.1 Å². The van der Waals surface area contributed by atoms with E-state index in [9.17, 15) is 9.59 Å². The molecule has 0 saturated carbocycles. The fraction of sp³-hybridized carbons (Fsp3) is 0.533. The number of rotatable bonds is 5. The summed E-state index contributed by atoms with van der Waals surface area (Å²) in [6.07, 6.45) is 1.22. The quantitative estimate of drug-likeness (QED) is 0.634. The summed E-state index contributed by atoms with van der Waals surface area (Å²) < 4.78 is 9.89. The zero-order valence-electron chi connectivity index (χ0n) is 13.2. The number of pyridine rings is 1. The van der Waals surface area contributed by atoms with E-state index in [1.807, 2.05) is 12.1 Å². The van der Waals surface area contributed by atoms with Crippen LogP contribution in [0.1, 0.15) is 32.0 Å². The Hall–Kier alpha value is -1.63. The van der Waals surface area contributed by atoms with Crippen LogP contribution in [-0.4, -0.2) is 35.8 Å². The molecule has 1 N–H and O–H groups in total. The van der Waals surface area contributed by atoms with Crippen LogP contribution in [0.25, 0.3) is 0 Å². The van der Waals surface area contributed by atoms with E-state index in [1.54, 1.807) is 27.0 Å². The maximum atomic E-state index is 11.8. The second kappa shape index (κ2) is 8.12. The van der Waals surface area contributed by atoms with E-state index >= 15 is 0 Å². The number of ether oxygens (including phenoxy) is 2. The summed E-state index contributed by atoms with van der Waals surface area (Å²) in [4.78, 5) is 27.9. The Balaban J connectivity index is 2.80. The highest BCUT2D eigenvalue weighted by Crippen LogP contribution is 2.10. The maximum absolute atomic E-state index is 11.8. The van der Waals surface area contributed by atoms with Gasteiger partial charge in [0.15, 0.2) is 0 Å². The number of alkyl carbamates (subject to hydrolysis) is 1. The Kier molecular flexibility index (Phi) is 6.80. The van der Waals surface area contributed by atoms with Gasteiger partial charge in [0.25, 0.3) is 0 Å². The molecule has 0 aliphatic heterocycles. The average molecular weight is 373 g/mol. The Morgan fingerprint density at radius 2 is 2.09 bits per heavy atom. The summed E-state index contributed by atoms with van der Waals surface area (Å²) in [6, 6.07) is 2.88. The SMILES string of the molecule is COC(=O)[C@H](Cc1cc(CBr)ccn1)NC(=O)OC(C)(C)C. The molecule has 1 atom stereocenters. The first-order valence-corrected chi connectivity index (χ1v) is 7.94. The molecule has 1 amide bonds. The van der Waals surface area contributed by atoms with Crippen LogP contribution in [0.15, 0.2) is 18.3 Å². The third kappa shape index (κ3) is 6.43. The van der Waals surface area contributed by atoms with Gasteiger partial charge in [0.1, 0.15) is 11.6 Å². The van der Waals surface area contributed by atoms with Gasteiger partial charge in [-0.25, -0.2) is 9.59 Å². The van der Waals surface area contributed by atoms with E-state index < -0.39 is 23.7 Å². The number of methoxy groups -OCH3 is 1. The van der Waals surface area contributed by atoms with Gasteiger partial charge in [0.2, 0.25) is 0 Å². The molecule has 0 radical (unpaired) electrons. The van der Waals surface area contributed by atoms with Gasteiger partial charge in [0.05, 0.1) is 7.11 Å². The number of esters is 1. The number of aromatic nitrogens is 1. The summed E-state index contributed by atoms with van der Waals surface area (Å²) in [5.41, 5.74) is 1.08. The number of amides is 1. The van der Waals surface area contributed by atoms with E-state index in [-0.39, 0.29) is 6.42 Å². The molecule has 0 bridgehead atoms. The minimum atomic E-state index is -0.849. The van der Waals surface area contributed by atoms with E-state index in [2.05, 4.69) is 26.2 Å². The first kappa shape index (κ1) is 18.4. The number of hydrogen-bond acceptors (Lipinski definition) is 5. The maximum Gasteiger partial charge on any atom is 0.408 e. The fourth-order valence-corrected chi connectivity index (χ4v) is 2.07. The molecule has 1 heterocycles. The number of hydrogen-bond donors (Lipinski definition) is 1. The Bertz CT molecular complexity index is 529. The van der Waals surface area contributed by atoms with Gasteiger partial charge in [-0.3, -0.25) is 4.98 Å². The van der Waals surface area contributed by atoms with Crippen LogP contribution in [0.5, 0.6) is 0 Å². The summed E-state index contributed by atoms with van der Waals surface area (Å²) >= 11 is 3.36. The Morgan fingerprint density at radius 3 is 2.64 bits per heavy atom. The zero-order valence-corrected chi connectivity index (χ0v) is 14.8.